The molecule has 2 heterocycles. The van der Waals surface area contributed by atoms with Gasteiger partial charge >= 0.3 is 0 Å². The lowest BCUT2D eigenvalue weighted by atomic mass is 9.83. The number of para-hydroxylation sites is 2. The molecule has 2 nitrogen and oxygen atoms in total. The molecular formula is C51H37NO. The zero-order valence-electron chi connectivity index (χ0n) is 29.8. The quantitative estimate of drug-likeness (QED) is 0.171. The summed E-state index contributed by atoms with van der Waals surface area (Å²) < 4.78 is 8.92. The monoisotopic (exact) mass is 679 g/mol. The molecule has 0 fully saturated rings. The van der Waals surface area contributed by atoms with Crippen molar-refractivity contribution in [1.82, 2.24) is 4.57 Å². The van der Waals surface area contributed by atoms with Crippen LogP contribution in [0, 0.1) is 6.92 Å². The van der Waals surface area contributed by atoms with Gasteiger partial charge in [-0.05, 0) is 112 Å². The second-order valence-electron chi connectivity index (χ2n) is 14.2. The molecule has 2 heteroatoms. The van der Waals surface area contributed by atoms with Crippen LogP contribution in [0.4, 0.5) is 0 Å². The molecular weight excluding hydrogens is 643 g/mol. The predicted octanol–water partition coefficient (Wildman–Crippen LogP) is 14.1. The van der Waals surface area contributed by atoms with Crippen LogP contribution in [0.15, 0.2) is 186 Å². The highest BCUT2D eigenvalue weighted by molar-refractivity contribution is 6.11. The maximum atomic E-state index is 6.55. The average molecular weight is 680 g/mol. The Labute approximate surface area is 309 Å². The van der Waals surface area contributed by atoms with Crippen LogP contribution < -0.4 is 0 Å². The molecule has 10 rings (SSSR count). The van der Waals surface area contributed by atoms with Gasteiger partial charge in [0.15, 0.2) is 0 Å². The minimum absolute atomic E-state index is 0.114. The standard InChI is InChI=1S/C51H37NO/c1-33-14-9-10-19-40(33)45-30-36(37-26-29-48-46(31-37)43-20-11-12-22-47(43)52(48)39-17-7-4-8-18-39)24-27-41(45)34(2)42-21-13-23-49-51(42)44-28-25-38(32-50(44)53-49)35-15-5-3-6-16-35/h3-32,34H,1-2H3. The number of hydrogen-bond acceptors (Lipinski definition) is 1. The molecule has 2 aromatic heterocycles. The van der Waals surface area contributed by atoms with Crippen molar-refractivity contribution in [3.05, 3.63) is 199 Å². The van der Waals surface area contributed by atoms with E-state index in [1.165, 1.54) is 77.4 Å². The normalized spacial score (nSPS) is 12.3. The van der Waals surface area contributed by atoms with Gasteiger partial charge in [0.05, 0.1) is 11.0 Å². The van der Waals surface area contributed by atoms with Gasteiger partial charge in [0.25, 0.3) is 0 Å². The van der Waals surface area contributed by atoms with E-state index in [9.17, 15) is 0 Å². The lowest BCUT2D eigenvalue weighted by Gasteiger charge is -2.21. The first kappa shape index (κ1) is 31.1. The van der Waals surface area contributed by atoms with Gasteiger partial charge in [-0.25, -0.2) is 0 Å². The van der Waals surface area contributed by atoms with Crippen LogP contribution in [0.1, 0.15) is 29.5 Å². The topological polar surface area (TPSA) is 18.1 Å². The highest BCUT2D eigenvalue weighted by Gasteiger charge is 2.22. The van der Waals surface area contributed by atoms with Gasteiger partial charge in [0.1, 0.15) is 11.2 Å². The lowest BCUT2D eigenvalue weighted by molar-refractivity contribution is 0.668. The van der Waals surface area contributed by atoms with Crippen LogP contribution in [0.2, 0.25) is 0 Å². The summed E-state index contributed by atoms with van der Waals surface area (Å²) >= 11 is 0. The van der Waals surface area contributed by atoms with E-state index in [0.29, 0.717) is 0 Å². The van der Waals surface area contributed by atoms with Crippen LogP contribution in [0.25, 0.3) is 82.8 Å². The maximum Gasteiger partial charge on any atom is 0.136 e. The summed E-state index contributed by atoms with van der Waals surface area (Å²) in [6.45, 7) is 4.56. The Morgan fingerprint density at radius 3 is 1.96 bits per heavy atom. The number of hydrogen-bond donors (Lipinski definition) is 0. The molecule has 0 saturated heterocycles. The fourth-order valence-corrected chi connectivity index (χ4v) is 8.42. The maximum absolute atomic E-state index is 6.55. The van der Waals surface area contributed by atoms with Crippen LogP contribution in [0.5, 0.6) is 0 Å². The van der Waals surface area contributed by atoms with E-state index in [4.69, 9.17) is 4.42 Å². The van der Waals surface area contributed by atoms with Crippen LogP contribution in [-0.2, 0) is 0 Å². The lowest BCUT2D eigenvalue weighted by Crippen LogP contribution is -2.01. The highest BCUT2D eigenvalue weighted by atomic mass is 16.3. The first-order chi connectivity index (χ1) is 26.1. The summed E-state index contributed by atoms with van der Waals surface area (Å²) in [5.41, 5.74) is 16.5. The van der Waals surface area contributed by atoms with E-state index in [-0.39, 0.29) is 5.92 Å². The molecule has 0 spiro atoms. The molecule has 0 amide bonds. The number of aryl methyl sites for hydroxylation is 1. The number of furan rings is 1. The Morgan fingerprint density at radius 1 is 0.434 bits per heavy atom. The number of benzene rings is 8. The Morgan fingerprint density at radius 2 is 1.11 bits per heavy atom. The minimum Gasteiger partial charge on any atom is -0.456 e. The molecule has 0 bridgehead atoms. The summed E-state index contributed by atoms with van der Waals surface area (Å²) in [6.07, 6.45) is 0. The van der Waals surface area contributed by atoms with E-state index < -0.39 is 0 Å². The largest absolute Gasteiger partial charge is 0.456 e. The summed E-state index contributed by atoms with van der Waals surface area (Å²) in [7, 11) is 0. The van der Waals surface area contributed by atoms with E-state index in [2.05, 4.69) is 200 Å². The molecule has 252 valence electrons. The third-order valence-corrected chi connectivity index (χ3v) is 11.1. The molecule has 0 aliphatic carbocycles. The average Bonchev–Trinajstić information content (AvgIpc) is 3.76. The number of fused-ring (bicyclic) bond motifs is 6. The molecule has 8 aromatic carbocycles. The molecule has 10 aromatic rings. The van der Waals surface area contributed by atoms with E-state index in [0.717, 1.165) is 22.1 Å². The van der Waals surface area contributed by atoms with E-state index in [1.807, 2.05) is 0 Å². The molecule has 0 saturated carbocycles. The Kier molecular flexibility index (Phi) is 7.37. The van der Waals surface area contributed by atoms with Gasteiger partial charge in [-0.2, -0.15) is 0 Å². The summed E-state index contributed by atoms with van der Waals surface area (Å²) in [5, 5.41) is 4.86. The molecule has 1 atom stereocenters. The SMILES string of the molecule is Cc1ccccc1-c1cc(-c2ccc3c(c2)c2ccccc2n3-c2ccccc2)ccc1C(C)c1cccc2oc3cc(-c4ccccc4)ccc3c12. The molecule has 0 aliphatic rings. The minimum atomic E-state index is 0.114. The zero-order valence-corrected chi connectivity index (χ0v) is 29.8. The fraction of sp³-hybridized carbons (Fsp3) is 0.0588. The van der Waals surface area contributed by atoms with Crippen molar-refractivity contribution in [2.45, 2.75) is 19.8 Å². The van der Waals surface area contributed by atoms with Crippen LogP contribution in [-0.4, -0.2) is 4.57 Å². The Bertz CT molecular complexity index is 2970. The van der Waals surface area contributed by atoms with E-state index >= 15 is 0 Å². The molecule has 1 unspecified atom stereocenters. The second kappa shape index (κ2) is 12.5. The molecule has 0 radical (unpaired) electrons. The van der Waals surface area contributed by atoms with Crippen molar-refractivity contribution in [3.63, 3.8) is 0 Å². The smallest absolute Gasteiger partial charge is 0.136 e. The number of aromatic nitrogens is 1. The van der Waals surface area contributed by atoms with Crippen molar-refractivity contribution in [3.8, 4) is 39.1 Å². The highest BCUT2D eigenvalue weighted by Crippen LogP contribution is 2.43. The van der Waals surface area contributed by atoms with Gasteiger partial charge in [0, 0.05) is 33.2 Å². The van der Waals surface area contributed by atoms with Crippen molar-refractivity contribution in [2.24, 2.45) is 0 Å². The van der Waals surface area contributed by atoms with Gasteiger partial charge in [-0.15, -0.1) is 0 Å². The zero-order chi connectivity index (χ0) is 35.5. The summed E-state index contributed by atoms with van der Waals surface area (Å²) in [5.74, 6) is 0.114. The van der Waals surface area contributed by atoms with Crippen molar-refractivity contribution < 1.29 is 4.42 Å². The van der Waals surface area contributed by atoms with Gasteiger partial charge in [-0.3, -0.25) is 0 Å². The van der Waals surface area contributed by atoms with Gasteiger partial charge < -0.3 is 8.98 Å². The fourth-order valence-electron chi connectivity index (χ4n) is 8.42. The first-order valence-electron chi connectivity index (χ1n) is 18.4. The number of nitrogens with zero attached hydrogens (tertiary/aromatic N) is 1. The molecule has 0 N–H and O–H groups in total. The Balaban J connectivity index is 1.12. The van der Waals surface area contributed by atoms with Crippen LogP contribution in [0.3, 0.4) is 0 Å². The third-order valence-electron chi connectivity index (χ3n) is 11.1. The van der Waals surface area contributed by atoms with Crippen LogP contribution >= 0.6 is 0 Å². The van der Waals surface area contributed by atoms with Crippen molar-refractivity contribution in [2.75, 3.05) is 0 Å². The van der Waals surface area contributed by atoms with Gasteiger partial charge in [0.2, 0.25) is 0 Å². The predicted molar refractivity (Wildman–Crippen MR) is 223 cm³/mol. The molecule has 53 heavy (non-hydrogen) atoms. The second-order valence-corrected chi connectivity index (χ2v) is 14.2. The van der Waals surface area contributed by atoms with Gasteiger partial charge in [-0.1, -0.05) is 134 Å². The summed E-state index contributed by atoms with van der Waals surface area (Å²) in [6, 6.07) is 65.8. The van der Waals surface area contributed by atoms with E-state index in [1.54, 1.807) is 0 Å². The molecule has 0 aliphatic heterocycles. The number of rotatable bonds is 6. The summed E-state index contributed by atoms with van der Waals surface area (Å²) in [4.78, 5) is 0. The van der Waals surface area contributed by atoms with Crippen molar-refractivity contribution in [1.29, 1.82) is 0 Å². The third kappa shape index (κ3) is 5.18. The first-order valence-corrected chi connectivity index (χ1v) is 18.4. The van der Waals surface area contributed by atoms with Crippen molar-refractivity contribution >= 4 is 43.7 Å². The Hall–Kier alpha value is -6.64.